The lowest BCUT2D eigenvalue weighted by atomic mass is 10.1. The third kappa shape index (κ3) is 14.1. The summed E-state index contributed by atoms with van der Waals surface area (Å²) in [4.78, 5) is 42.9. The van der Waals surface area contributed by atoms with Gasteiger partial charge in [-0.05, 0) is 26.7 Å². The maximum atomic E-state index is 11.6. The van der Waals surface area contributed by atoms with Crippen LogP contribution in [0.4, 0.5) is 4.79 Å². The molecule has 0 rings (SSSR count). The highest BCUT2D eigenvalue weighted by Gasteiger charge is 2.18. The molecule has 0 aliphatic carbocycles. The van der Waals surface area contributed by atoms with Crippen molar-refractivity contribution < 1.29 is 28.4 Å². The normalized spacial score (nSPS) is 14.6. The molecule has 134 valence electrons. The lowest BCUT2D eigenvalue weighted by Gasteiger charge is -2.15. The Morgan fingerprint density at radius 3 is 2.26 bits per heavy atom. The van der Waals surface area contributed by atoms with Gasteiger partial charge in [-0.15, -0.1) is 0 Å². The zero-order valence-corrected chi connectivity index (χ0v) is 14.9. The highest BCUT2D eigenvalue weighted by atomic mass is 31.2. The van der Waals surface area contributed by atoms with E-state index in [0.717, 1.165) is 25.9 Å². The number of ketones is 2. The van der Waals surface area contributed by atoms with E-state index in [9.17, 15) is 18.9 Å². The Morgan fingerprint density at radius 1 is 1.13 bits per heavy atom. The number of nitrogens with one attached hydrogen (secondary N) is 2. The second-order valence-electron chi connectivity index (χ2n) is 5.52. The summed E-state index contributed by atoms with van der Waals surface area (Å²) < 4.78 is 15.6. The number of carbonyl (C=O) groups excluding carboxylic acids is 3. The van der Waals surface area contributed by atoms with E-state index in [1.54, 1.807) is 0 Å². The number of carbonyl (C=O) groups is 3. The van der Waals surface area contributed by atoms with E-state index in [1.807, 2.05) is 0 Å². The van der Waals surface area contributed by atoms with Gasteiger partial charge in [0.25, 0.3) is 0 Å². The van der Waals surface area contributed by atoms with Crippen LogP contribution in [0.3, 0.4) is 0 Å². The van der Waals surface area contributed by atoms with Crippen LogP contribution >= 0.6 is 7.60 Å². The zero-order chi connectivity index (χ0) is 17.9. The van der Waals surface area contributed by atoms with Crippen LogP contribution in [-0.2, 0) is 18.7 Å². The number of hydrogen-bond donors (Lipinski definition) is 3. The first kappa shape index (κ1) is 21.8. The van der Waals surface area contributed by atoms with Crippen molar-refractivity contribution in [3.05, 3.63) is 0 Å². The molecule has 0 spiro atoms. The predicted octanol–water partition coefficient (Wildman–Crippen LogP) is 1.61. The van der Waals surface area contributed by atoms with Gasteiger partial charge in [-0.25, -0.2) is 4.79 Å². The molecular formula is C14H27N2O6P. The summed E-state index contributed by atoms with van der Waals surface area (Å²) in [5.41, 5.74) is 0. The topological polar surface area (TPSA) is 122 Å². The number of amides is 2. The van der Waals surface area contributed by atoms with Crippen molar-refractivity contribution in [1.82, 2.24) is 10.6 Å². The van der Waals surface area contributed by atoms with Gasteiger partial charge in [-0.1, -0.05) is 12.8 Å². The van der Waals surface area contributed by atoms with E-state index in [-0.39, 0.29) is 24.6 Å². The molecule has 0 saturated heterocycles. The first-order chi connectivity index (χ1) is 10.6. The summed E-state index contributed by atoms with van der Waals surface area (Å²) in [6.45, 7) is 4.54. The maximum Gasteiger partial charge on any atom is 0.325 e. The smallest absolute Gasteiger partial charge is 0.325 e. The van der Waals surface area contributed by atoms with Gasteiger partial charge in [0.1, 0.15) is 5.78 Å². The van der Waals surface area contributed by atoms with E-state index in [4.69, 9.17) is 9.42 Å². The molecule has 8 nitrogen and oxygen atoms in total. The van der Waals surface area contributed by atoms with Gasteiger partial charge in [0.05, 0.1) is 12.6 Å². The van der Waals surface area contributed by atoms with E-state index >= 15 is 0 Å². The van der Waals surface area contributed by atoms with E-state index < -0.39 is 19.7 Å². The van der Waals surface area contributed by atoms with Crippen LogP contribution < -0.4 is 10.6 Å². The first-order valence-electron chi connectivity index (χ1n) is 7.61. The Morgan fingerprint density at radius 2 is 1.74 bits per heavy atom. The molecule has 0 saturated carbocycles. The summed E-state index contributed by atoms with van der Waals surface area (Å²) in [7, 11) is -3.39. The molecule has 0 bridgehead atoms. The number of urea groups is 1. The summed E-state index contributed by atoms with van der Waals surface area (Å²) in [6, 6.07) is -1.25. The molecule has 0 aliphatic rings. The number of unbranched alkanes of at least 4 members (excludes halogenated alkanes) is 3. The minimum atomic E-state index is -3.39. The fourth-order valence-corrected chi connectivity index (χ4v) is 2.28. The van der Waals surface area contributed by atoms with Crippen LogP contribution in [0, 0.1) is 0 Å². The highest BCUT2D eigenvalue weighted by Crippen LogP contribution is 2.36. The summed E-state index contributed by atoms with van der Waals surface area (Å²) in [5.74, 6) is -0.417. The van der Waals surface area contributed by atoms with Crippen molar-refractivity contribution in [2.45, 2.75) is 52.0 Å². The van der Waals surface area contributed by atoms with Crippen LogP contribution in [0.1, 0.15) is 46.0 Å². The Labute approximate surface area is 136 Å². The molecule has 23 heavy (non-hydrogen) atoms. The molecule has 0 radical (unpaired) electrons. The van der Waals surface area contributed by atoms with E-state index in [2.05, 4.69) is 10.6 Å². The average molecular weight is 350 g/mol. The fraction of sp³-hybridized carbons (Fsp3) is 0.786. The molecule has 0 aromatic rings. The third-order valence-corrected chi connectivity index (χ3v) is 3.64. The van der Waals surface area contributed by atoms with Crippen LogP contribution in [0.15, 0.2) is 0 Å². The molecule has 0 heterocycles. The Bertz CT molecular complexity index is 449. The SMILES string of the molecule is CC(=O)CC(NC(=O)NCCCCCCOP(C)(=O)O)C(C)=O. The summed E-state index contributed by atoms with van der Waals surface area (Å²) in [6.07, 6.45) is 3.08. The molecule has 0 aromatic heterocycles. The monoisotopic (exact) mass is 350 g/mol. The fourth-order valence-electron chi connectivity index (χ4n) is 1.81. The number of Topliss-reactive ketones (excluding diaryl/α,β-unsaturated/α-hetero) is 2. The van der Waals surface area contributed by atoms with Crippen molar-refractivity contribution in [2.75, 3.05) is 19.8 Å². The molecule has 2 amide bonds. The van der Waals surface area contributed by atoms with Gasteiger partial charge in [-0.2, -0.15) is 0 Å². The molecule has 0 fully saturated rings. The lowest BCUT2D eigenvalue weighted by molar-refractivity contribution is -0.123. The standard InChI is InChI=1S/C14H27N2O6P/c1-11(17)10-13(12(2)18)16-14(19)15-8-6-4-5-7-9-22-23(3,20)21/h13H,4-10H2,1-3H3,(H,20,21)(H2,15,16,19). The summed E-state index contributed by atoms with van der Waals surface area (Å²) >= 11 is 0. The third-order valence-electron chi connectivity index (χ3n) is 2.98. The van der Waals surface area contributed by atoms with Crippen molar-refractivity contribution in [1.29, 1.82) is 0 Å². The van der Waals surface area contributed by atoms with Crippen LogP contribution in [0.2, 0.25) is 0 Å². The van der Waals surface area contributed by atoms with Gasteiger partial charge in [0.15, 0.2) is 5.78 Å². The molecule has 2 unspecified atom stereocenters. The van der Waals surface area contributed by atoms with Crippen molar-refractivity contribution in [3.8, 4) is 0 Å². The first-order valence-corrected chi connectivity index (χ1v) is 9.63. The minimum absolute atomic E-state index is 0.00506. The molecule has 0 aromatic carbocycles. The van der Waals surface area contributed by atoms with Gasteiger partial charge in [-0.3, -0.25) is 14.2 Å². The molecular weight excluding hydrogens is 323 g/mol. The quantitative estimate of drug-likeness (QED) is 0.363. The zero-order valence-electron chi connectivity index (χ0n) is 14.0. The average Bonchev–Trinajstić information content (AvgIpc) is 2.39. The predicted molar refractivity (Wildman–Crippen MR) is 86.5 cm³/mol. The van der Waals surface area contributed by atoms with Gasteiger partial charge in [0, 0.05) is 19.6 Å². The Kier molecular flexibility index (Phi) is 10.7. The van der Waals surface area contributed by atoms with Gasteiger partial charge >= 0.3 is 13.6 Å². The lowest BCUT2D eigenvalue weighted by Crippen LogP contribution is -2.46. The van der Waals surface area contributed by atoms with Crippen molar-refractivity contribution in [2.24, 2.45) is 0 Å². The van der Waals surface area contributed by atoms with Crippen LogP contribution in [0.5, 0.6) is 0 Å². The van der Waals surface area contributed by atoms with Crippen molar-refractivity contribution >= 4 is 25.2 Å². The van der Waals surface area contributed by atoms with Crippen LogP contribution in [0.25, 0.3) is 0 Å². The molecule has 9 heteroatoms. The Balaban J connectivity index is 3.72. The summed E-state index contributed by atoms with van der Waals surface area (Å²) in [5, 5.41) is 5.10. The molecule has 2 atom stereocenters. The largest absolute Gasteiger partial charge is 0.338 e. The van der Waals surface area contributed by atoms with Gasteiger partial charge < -0.3 is 20.1 Å². The second-order valence-corrected chi connectivity index (χ2v) is 7.38. The second kappa shape index (κ2) is 11.3. The Hall–Kier alpha value is -1.24. The van der Waals surface area contributed by atoms with E-state index in [0.29, 0.717) is 13.0 Å². The maximum absolute atomic E-state index is 11.6. The number of rotatable bonds is 12. The number of hydrogen-bond acceptors (Lipinski definition) is 5. The van der Waals surface area contributed by atoms with Crippen LogP contribution in [-0.4, -0.2) is 48.3 Å². The minimum Gasteiger partial charge on any atom is -0.338 e. The van der Waals surface area contributed by atoms with E-state index in [1.165, 1.54) is 13.8 Å². The molecule has 3 N–H and O–H groups in total. The molecule has 0 aliphatic heterocycles. The van der Waals surface area contributed by atoms with Crippen molar-refractivity contribution in [3.63, 3.8) is 0 Å². The van der Waals surface area contributed by atoms with Gasteiger partial charge in [0.2, 0.25) is 0 Å². The highest BCUT2D eigenvalue weighted by molar-refractivity contribution is 7.51.